The zero-order valence-electron chi connectivity index (χ0n) is 14.7. The quantitative estimate of drug-likeness (QED) is 0.831. The van der Waals surface area contributed by atoms with Crippen molar-refractivity contribution in [1.29, 1.82) is 0 Å². The fourth-order valence-electron chi connectivity index (χ4n) is 2.50. The van der Waals surface area contributed by atoms with Crippen LogP contribution in [0.4, 0.5) is 14.5 Å². The van der Waals surface area contributed by atoms with Gasteiger partial charge >= 0.3 is 0 Å². The third kappa shape index (κ3) is 4.08. The van der Waals surface area contributed by atoms with Crippen molar-refractivity contribution in [3.63, 3.8) is 0 Å². The summed E-state index contributed by atoms with van der Waals surface area (Å²) in [5, 5.41) is 2.51. The number of nitrogens with zero attached hydrogens (tertiary/aromatic N) is 1. The van der Waals surface area contributed by atoms with Gasteiger partial charge in [0.15, 0.2) is 11.6 Å². The monoisotopic (exact) mass is 382 g/mol. The van der Waals surface area contributed by atoms with E-state index in [9.17, 15) is 22.0 Å². The number of hydrogen-bond donors (Lipinski definition) is 1. The fraction of sp³-hybridized carbons (Fsp3) is 0.278. The Morgan fingerprint density at radius 1 is 1.04 bits per heavy atom. The van der Waals surface area contributed by atoms with Gasteiger partial charge in [0.25, 0.3) is 5.91 Å². The second-order valence-electron chi connectivity index (χ2n) is 5.65. The van der Waals surface area contributed by atoms with E-state index < -0.39 is 27.6 Å². The molecule has 0 aromatic heterocycles. The van der Waals surface area contributed by atoms with Crippen molar-refractivity contribution in [2.75, 3.05) is 18.4 Å². The van der Waals surface area contributed by atoms with Crippen LogP contribution in [0.25, 0.3) is 0 Å². The first kappa shape index (κ1) is 20.0. The lowest BCUT2D eigenvalue weighted by Crippen LogP contribution is -2.31. The highest BCUT2D eigenvalue weighted by Gasteiger charge is 2.24. The van der Waals surface area contributed by atoms with Gasteiger partial charge < -0.3 is 5.32 Å². The van der Waals surface area contributed by atoms with Crippen molar-refractivity contribution >= 4 is 21.6 Å². The van der Waals surface area contributed by atoms with Gasteiger partial charge in [-0.1, -0.05) is 19.9 Å². The molecule has 0 saturated carbocycles. The molecule has 1 amide bonds. The standard InChI is InChI=1S/C18H20F2N2O3S/c1-4-22(5-2)26(24,25)17-11-14(8-6-12(17)3)21-18(23)13-7-9-15(19)16(20)10-13/h6-11H,4-5H2,1-3H3,(H,21,23). The summed E-state index contributed by atoms with van der Waals surface area (Å²) in [4.78, 5) is 12.3. The Balaban J connectivity index is 2.35. The first-order valence-electron chi connectivity index (χ1n) is 8.07. The summed E-state index contributed by atoms with van der Waals surface area (Å²) in [6.07, 6.45) is 0. The predicted octanol–water partition coefficient (Wildman–Crippen LogP) is 3.56. The van der Waals surface area contributed by atoms with Gasteiger partial charge in [0.2, 0.25) is 10.0 Å². The highest BCUT2D eigenvalue weighted by Crippen LogP contribution is 2.24. The number of anilines is 1. The van der Waals surface area contributed by atoms with Crippen molar-refractivity contribution in [3.05, 3.63) is 59.2 Å². The summed E-state index contributed by atoms with van der Waals surface area (Å²) in [7, 11) is -3.69. The van der Waals surface area contributed by atoms with Crippen LogP contribution in [-0.2, 0) is 10.0 Å². The van der Waals surface area contributed by atoms with Crippen molar-refractivity contribution in [1.82, 2.24) is 4.31 Å². The molecule has 2 aromatic rings. The molecule has 0 saturated heterocycles. The normalized spacial score (nSPS) is 11.6. The van der Waals surface area contributed by atoms with Crippen LogP contribution in [0, 0.1) is 18.6 Å². The van der Waals surface area contributed by atoms with Gasteiger partial charge in [0.05, 0.1) is 4.90 Å². The summed E-state index contributed by atoms with van der Waals surface area (Å²) in [5.41, 5.74) is 0.719. The fourth-order valence-corrected chi connectivity index (χ4v) is 4.21. The summed E-state index contributed by atoms with van der Waals surface area (Å²) in [6, 6.07) is 7.28. The number of amides is 1. The molecule has 0 spiro atoms. The van der Waals surface area contributed by atoms with Crippen molar-refractivity contribution < 1.29 is 22.0 Å². The molecule has 0 aliphatic rings. The number of benzene rings is 2. The Kier molecular flexibility index (Phi) is 6.09. The van der Waals surface area contributed by atoms with Crippen LogP contribution >= 0.6 is 0 Å². The van der Waals surface area contributed by atoms with Gasteiger partial charge in [-0.2, -0.15) is 4.31 Å². The Bertz CT molecular complexity index is 926. The van der Waals surface area contributed by atoms with Crippen molar-refractivity contribution in [3.8, 4) is 0 Å². The van der Waals surface area contributed by atoms with E-state index in [1.165, 1.54) is 10.4 Å². The lowest BCUT2D eigenvalue weighted by Gasteiger charge is -2.20. The molecule has 0 radical (unpaired) electrons. The largest absolute Gasteiger partial charge is 0.322 e. The zero-order valence-corrected chi connectivity index (χ0v) is 15.5. The summed E-state index contributed by atoms with van der Waals surface area (Å²) in [6.45, 7) is 5.79. The van der Waals surface area contributed by atoms with Gasteiger partial charge in [0.1, 0.15) is 0 Å². The minimum Gasteiger partial charge on any atom is -0.322 e. The molecule has 8 heteroatoms. The molecule has 0 unspecified atom stereocenters. The van der Waals surface area contributed by atoms with E-state index in [-0.39, 0.29) is 16.1 Å². The van der Waals surface area contributed by atoms with Crippen molar-refractivity contribution in [2.45, 2.75) is 25.7 Å². The molecule has 1 N–H and O–H groups in total. The first-order valence-corrected chi connectivity index (χ1v) is 9.51. The zero-order chi connectivity index (χ0) is 19.5. The number of carbonyl (C=O) groups is 1. The lowest BCUT2D eigenvalue weighted by atomic mass is 10.2. The van der Waals surface area contributed by atoms with E-state index >= 15 is 0 Å². The van der Waals surface area contributed by atoms with Gasteiger partial charge in [-0.05, 0) is 42.8 Å². The third-order valence-corrected chi connectivity index (χ3v) is 6.14. The molecule has 2 rings (SSSR count). The second-order valence-corrected chi connectivity index (χ2v) is 7.56. The maximum atomic E-state index is 13.3. The van der Waals surface area contributed by atoms with Crippen LogP contribution in [0.1, 0.15) is 29.8 Å². The summed E-state index contributed by atoms with van der Waals surface area (Å²) in [5.74, 6) is -2.85. The Morgan fingerprint density at radius 3 is 2.27 bits per heavy atom. The van der Waals surface area contributed by atoms with Crippen LogP contribution < -0.4 is 5.32 Å². The van der Waals surface area contributed by atoms with Crippen LogP contribution in [-0.4, -0.2) is 31.7 Å². The van der Waals surface area contributed by atoms with Crippen LogP contribution in [0.3, 0.4) is 0 Å². The molecule has 2 aromatic carbocycles. The van der Waals surface area contributed by atoms with Crippen LogP contribution in [0.15, 0.2) is 41.3 Å². The Labute approximate surface area is 151 Å². The van der Waals surface area contributed by atoms with Gasteiger partial charge in [-0.25, -0.2) is 17.2 Å². The average Bonchev–Trinajstić information content (AvgIpc) is 2.59. The number of aryl methyl sites for hydroxylation is 1. The highest BCUT2D eigenvalue weighted by atomic mass is 32.2. The first-order chi connectivity index (χ1) is 12.2. The number of hydrogen-bond acceptors (Lipinski definition) is 3. The number of halogens is 2. The Morgan fingerprint density at radius 2 is 1.69 bits per heavy atom. The van der Waals surface area contributed by atoms with E-state index in [1.54, 1.807) is 32.9 Å². The topological polar surface area (TPSA) is 66.5 Å². The molecule has 26 heavy (non-hydrogen) atoms. The molecule has 0 heterocycles. The van der Waals surface area contributed by atoms with E-state index in [4.69, 9.17) is 0 Å². The number of nitrogens with one attached hydrogen (secondary N) is 1. The highest BCUT2D eigenvalue weighted by molar-refractivity contribution is 7.89. The van der Waals surface area contributed by atoms with Crippen LogP contribution in [0.2, 0.25) is 0 Å². The molecule has 0 bridgehead atoms. The van der Waals surface area contributed by atoms with Crippen molar-refractivity contribution in [2.24, 2.45) is 0 Å². The molecule has 0 fully saturated rings. The van der Waals surface area contributed by atoms with E-state index in [0.29, 0.717) is 18.7 Å². The van der Waals surface area contributed by atoms with Gasteiger partial charge in [0, 0.05) is 24.3 Å². The minimum absolute atomic E-state index is 0.0716. The molecule has 0 aliphatic heterocycles. The minimum atomic E-state index is -3.69. The molecular weight excluding hydrogens is 362 g/mol. The lowest BCUT2D eigenvalue weighted by molar-refractivity contribution is 0.102. The van der Waals surface area contributed by atoms with Crippen LogP contribution in [0.5, 0.6) is 0 Å². The second kappa shape index (κ2) is 7.92. The van der Waals surface area contributed by atoms with E-state index in [2.05, 4.69) is 5.32 Å². The third-order valence-electron chi connectivity index (χ3n) is 3.95. The maximum Gasteiger partial charge on any atom is 0.255 e. The molecule has 0 atom stereocenters. The Hall–Kier alpha value is -2.32. The predicted molar refractivity (Wildman–Crippen MR) is 95.6 cm³/mol. The molecule has 140 valence electrons. The van der Waals surface area contributed by atoms with E-state index in [0.717, 1.165) is 18.2 Å². The average molecular weight is 382 g/mol. The summed E-state index contributed by atoms with van der Waals surface area (Å²) >= 11 is 0. The smallest absolute Gasteiger partial charge is 0.255 e. The SMILES string of the molecule is CCN(CC)S(=O)(=O)c1cc(NC(=O)c2ccc(F)c(F)c2)ccc1C. The molecule has 0 aliphatic carbocycles. The number of sulfonamides is 1. The molecular formula is C18H20F2N2O3S. The van der Waals surface area contributed by atoms with Gasteiger partial charge in [-0.15, -0.1) is 0 Å². The number of rotatable bonds is 6. The summed E-state index contributed by atoms with van der Waals surface area (Å²) < 4.78 is 53.0. The number of carbonyl (C=O) groups excluding carboxylic acids is 1. The van der Waals surface area contributed by atoms with Gasteiger partial charge in [-0.3, -0.25) is 4.79 Å². The maximum absolute atomic E-state index is 13.3. The molecule has 5 nitrogen and oxygen atoms in total. The van der Waals surface area contributed by atoms with E-state index in [1.807, 2.05) is 0 Å².